The average Bonchev–Trinajstić information content (AvgIpc) is 2.51. The van der Waals surface area contributed by atoms with Crippen molar-refractivity contribution >= 4 is 28.4 Å². The summed E-state index contributed by atoms with van der Waals surface area (Å²) in [7, 11) is 0. The molecular formula is C7H5N3O2S. The van der Waals surface area contributed by atoms with Crippen LogP contribution in [0.15, 0.2) is 12.1 Å². The van der Waals surface area contributed by atoms with Crippen LogP contribution in [0.2, 0.25) is 0 Å². The quantitative estimate of drug-likeness (QED) is 0.514. The van der Waals surface area contributed by atoms with E-state index in [9.17, 15) is 10.1 Å². The fourth-order valence-corrected chi connectivity index (χ4v) is 1.73. The minimum absolute atomic E-state index is 0.0673. The molecule has 0 unspecified atom stereocenters. The van der Waals surface area contributed by atoms with Gasteiger partial charge in [-0.05, 0) is 12.5 Å². The highest BCUT2D eigenvalue weighted by molar-refractivity contribution is 7.00. The molecule has 0 aliphatic carbocycles. The van der Waals surface area contributed by atoms with Gasteiger partial charge in [-0.15, -0.1) is 0 Å². The van der Waals surface area contributed by atoms with Crippen molar-refractivity contribution in [2.45, 2.75) is 6.92 Å². The van der Waals surface area contributed by atoms with Gasteiger partial charge in [0.05, 0.1) is 16.7 Å². The van der Waals surface area contributed by atoms with E-state index >= 15 is 0 Å². The van der Waals surface area contributed by atoms with Crippen LogP contribution in [-0.4, -0.2) is 13.7 Å². The van der Waals surface area contributed by atoms with Gasteiger partial charge in [-0.2, -0.15) is 8.75 Å². The lowest BCUT2D eigenvalue weighted by Gasteiger charge is -1.93. The van der Waals surface area contributed by atoms with Gasteiger partial charge in [-0.3, -0.25) is 10.1 Å². The van der Waals surface area contributed by atoms with Crippen molar-refractivity contribution in [1.82, 2.24) is 8.75 Å². The molecule has 0 saturated carbocycles. The lowest BCUT2D eigenvalue weighted by molar-refractivity contribution is -0.384. The van der Waals surface area contributed by atoms with Crippen LogP contribution in [0.1, 0.15) is 5.56 Å². The first kappa shape index (κ1) is 8.06. The minimum Gasteiger partial charge on any atom is -0.258 e. The number of nitro groups is 1. The Morgan fingerprint density at radius 3 is 2.92 bits per heavy atom. The van der Waals surface area contributed by atoms with Gasteiger partial charge in [-0.25, -0.2) is 0 Å². The van der Waals surface area contributed by atoms with Crippen LogP contribution in [0.3, 0.4) is 0 Å². The number of hydrogen-bond acceptors (Lipinski definition) is 5. The summed E-state index contributed by atoms with van der Waals surface area (Å²) in [6, 6.07) is 2.94. The molecule has 0 N–H and O–H groups in total. The van der Waals surface area contributed by atoms with Crippen LogP contribution in [-0.2, 0) is 0 Å². The number of aryl methyl sites for hydroxylation is 1. The molecule has 0 saturated heterocycles. The van der Waals surface area contributed by atoms with Crippen molar-refractivity contribution in [3.05, 3.63) is 27.8 Å². The molecule has 13 heavy (non-hydrogen) atoms. The van der Waals surface area contributed by atoms with E-state index in [1.807, 2.05) is 0 Å². The molecule has 0 radical (unpaired) electrons. The topological polar surface area (TPSA) is 68.9 Å². The number of fused-ring (bicyclic) bond motifs is 1. The summed E-state index contributed by atoms with van der Waals surface area (Å²) in [5, 5.41) is 10.5. The predicted molar refractivity (Wildman–Crippen MR) is 48.8 cm³/mol. The first-order valence-electron chi connectivity index (χ1n) is 3.56. The summed E-state index contributed by atoms with van der Waals surface area (Å²) in [5.74, 6) is 0. The van der Waals surface area contributed by atoms with Crippen molar-refractivity contribution in [3.8, 4) is 0 Å². The van der Waals surface area contributed by atoms with Gasteiger partial charge < -0.3 is 0 Å². The van der Waals surface area contributed by atoms with Crippen molar-refractivity contribution in [2.75, 3.05) is 0 Å². The average molecular weight is 195 g/mol. The van der Waals surface area contributed by atoms with Gasteiger partial charge in [0.15, 0.2) is 0 Å². The van der Waals surface area contributed by atoms with Crippen LogP contribution in [0, 0.1) is 17.0 Å². The minimum atomic E-state index is -0.425. The highest BCUT2D eigenvalue weighted by atomic mass is 32.1. The second-order valence-corrected chi connectivity index (χ2v) is 3.18. The van der Waals surface area contributed by atoms with Gasteiger partial charge in [0.2, 0.25) is 0 Å². The highest BCUT2D eigenvalue weighted by Gasteiger charge is 2.11. The third kappa shape index (κ3) is 1.25. The Bertz CT molecular complexity index is 480. The molecule has 2 aromatic rings. The number of nitrogens with zero attached hydrogens (tertiary/aromatic N) is 3. The number of benzene rings is 1. The Kier molecular flexibility index (Phi) is 1.70. The third-order valence-electron chi connectivity index (χ3n) is 1.75. The number of nitro benzene ring substituents is 1. The second kappa shape index (κ2) is 2.74. The Hall–Kier alpha value is -1.56. The van der Waals surface area contributed by atoms with Crippen LogP contribution in [0.4, 0.5) is 5.69 Å². The van der Waals surface area contributed by atoms with Crippen molar-refractivity contribution in [1.29, 1.82) is 0 Å². The van der Waals surface area contributed by atoms with Crippen molar-refractivity contribution in [2.24, 2.45) is 0 Å². The van der Waals surface area contributed by atoms with E-state index in [0.29, 0.717) is 5.52 Å². The molecule has 1 aromatic carbocycles. The maximum atomic E-state index is 10.5. The Balaban J connectivity index is 2.77. The predicted octanol–water partition coefficient (Wildman–Crippen LogP) is 1.91. The summed E-state index contributed by atoms with van der Waals surface area (Å²) in [6.07, 6.45) is 0. The monoisotopic (exact) mass is 195 g/mol. The smallest absolute Gasteiger partial charge is 0.258 e. The van der Waals surface area contributed by atoms with E-state index in [0.717, 1.165) is 22.8 Å². The van der Waals surface area contributed by atoms with Gasteiger partial charge in [0.1, 0.15) is 11.0 Å². The molecule has 0 spiro atoms. The van der Waals surface area contributed by atoms with Gasteiger partial charge in [-0.1, -0.05) is 0 Å². The standard InChI is InChI=1S/C7H5N3O2S/c1-4-2-5(10(11)12)3-6-7(4)9-13-8-6/h2-3H,1H3. The summed E-state index contributed by atoms with van der Waals surface area (Å²) in [5.41, 5.74) is 2.20. The van der Waals surface area contributed by atoms with E-state index in [2.05, 4.69) is 8.75 Å². The third-order valence-corrected chi connectivity index (χ3v) is 2.29. The zero-order valence-corrected chi connectivity index (χ0v) is 7.54. The summed E-state index contributed by atoms with van der Waals surface area (Å²) >= 11 is 1.06. The lowest BCUT2D eigenvalue weighted by atomic mass is 10.2. The zero-order chi connectivity index (χ0) is 9.42. The summed E-state index contributed by atoms with van der Waals surface area (Å²) in [6.45, 7) is 1.79. The molecule has 66 valence electrons. The van der Waals surface area contributed by atoms with E-state index in [1.165, 1.54) is 12.1 Å². The molecular weight excluding hydrogens is 190 g/mol. The molecule has 6 heteroatoms. The summed E-state index contributed by atoms with van der Waals surface area (Å²) < 4.78 is 7.98. The Morgan fingerprint density at radius 2 is 2.23 bits per heavy atom. The Morgan fingerprint density at radius 1 is 1.46 bits per heavy atom. The molecule has 2 rings (SSSR count). The van der Waals surface area contributed by atoms with E-state index < -0.39 is 4.92 Å². The molecule has 5 nitrogen and oxygen atoms in total. The van der Waals surface area contributed by atoms with E-state index in [-0.39, 0.29) is 5.69 Å². The first-order valence-corrected chi connectivity index (χ1v) is 4.29. The van der Waals surface area contributed by atoms with Gasteiger partial charge >= 0.3 is 0 Å². The zero-order valence-electron chi connectivity index (χ0n) is 6.72. The number of non-ortho nitro benzene ring substituents is 1. The maximum absolute atomic E-state index is 10.5. The molecule has 0 fully saturated rings. The largest absolute Gasteiger partial charge is 0.272 e. The van der Waals surface area contributed by atoms with Crippen molar-refractivity contribution < 1.29 is 4.92 Å². The van der Waals surface area contributed by atoms with Gasteiger partial charge in [0.25, 0.3) is 5.69 Å². The van der Waals surface area contributed by atoms with E-state index in [1.54, 1.807) is 6.92 Å². The van der Waals surface area contributed by atoms with Crippen LogP contribution in [0.5, 0.6) is 0 Å². The normalized spacial score (nSPS) is 10.5. The first-order chi connectivity index (χ1) is 6.18. The second-order valence-electron chi connectivity index (χ2n) is 2.65. The number of hydrogen-bond donors (Lipinski definition) is 0. The molecule has 0 atom stereocenters. The fourth-order valence-electron chi connectivity index (χ4n) is 1.14. The molecule has 0 aliphatic heterocycles. The highest BCUT2D eigenvalue weighted by Crippen LogP contribution is 2.22. The molecule has 0 bridgehead atoms. The fraction of sp³-hybridized carbons (Fsp3) is 0.143. The SMILES string of the molecule is Cc1cc([N+](=O)[O-])cc2nsnc12. The molecule has 1 heterocycles. The summed E-state index contributed by atoms with van der Waals surface area (Å²) in [4.78, 5) is 10.1. The van der Waals surface area contributed by atoms with Crippen molar-refractivity contribution in [3.63, 3.8) is 0 Å². The molecule has 0 amide bonds. The Labute approximate surface area is 77.5 Å². The van der Waals surface area contributed by atoms with E-state index in [4.69, 9.17) is 0 Å². The number of rotatable bonds is 1. The molecule has 0 aliphatic rings. The lowest BCUT2D eigenvalue weighted by Crippen LogP contribution is -1.89. The van der Waals surface area contributed by atoms with Crippen LogP contribution in [0.25, 0.3) is 11.0 Å². The maximum Gasteiger partial charge on any atom is 0.272 e. The number of aromatic nitrogens is 2. The van der Waals surface area contributed by atoms with Crippen LogP contribution >= 0.6 is 11.7 Å². The van der Waals surface area contributed by atoms with Crippen LogP contribution < -0.4 is 0 Å². The van der Waals surface area contributed by atoms with Gasteiger partial charge in [0, 0.05) is 12.1 Å². The molecule has 1 aromatic heterocycles.